The summed E-state index contributed by atoms with van der Waals surface area (Å²) in [6.45, 7) is 5.50. The van der Waals surface area contributed by atoms with Gasteiger partial charge in [0.1, 0.15) is 11.6 Å². The molecule has 0 aliphatic rings. The monoisotopic (exact) mass is 425 g/mol. The standard InChI is InChI=1S/C21H20ClN5O3/c1-4-14-16(12-5-7-13(22)8-6-12)19-24-23-17-15(27(19)25-14)9-10-26(20(17)28)18(11(2)3)21(29)30/h5-11,18H,4H2,1-3H3,(H,29,30). The molecule has 3 aromatic heterocycles. The van der Waals surface area contributed by atoms with Crippen LogP contribution in [0.4, 0.5) is 0 Å². The van der Waals surface area contributed by atoms with Crippen molar-refractivity contribution in [3.05, 3.63) is 57.6 Å². The molecule has 0 saturated carbocycles. The molecule has 0 saturated heterocycles. The van der Waals surface area contributed by atoms with Gasteiger partial charge in [-0.15, -0.1) is 10.2 Å². The second kappa shape index (κ2) is 7.53. The normalized spacial score (nSPS) is 12.7. The van der Waals surface area contributed by atoms with Gasteiger partial charge in [-0.25, -0.2) is 9.31 Å². The predicted octanol–water partition coefficient (Wildman–Crippen LogP) is 3.60. The van der Waals surface area contributed by atoms with Gasteiger partial charge in [0, 0.05) is 11.2 Å². The number of carbonyl (C=O) groups is 1. The molecule has 0 aliphatic heterocycles. The number of aryl methyl sites for hydroxylation is 1. The summed E-state index contributed by atoms with van der Waals surface area (Å²) in [6, 6.07) is 8.04. The summed E-state index contributed by atoms with van der Waals surface area (Å²) in [5.74, 6) is -1.35. The van der Waals surface area contributed by atoms with E-state index in [-0.39, 0.29) is 11.4 Å². The maximum atomic E-state index is 13.0. The van der Waals surface area contributed by atoms with Gasteiger partial charge in [0.2, 0.25) is 0 Å². The number of carboxylic acid groups (broad SMARTS) is 1. The lowest BCUT2D eigenvalue weighted by Gasteiger charge is -2.19. The van der Waals surface area contributed by atoms with Crippen LogP contribution in [-0.2, 0) is 11.2 Å². The van der Waals surface area contributed by atoms with Crippen LogP contribution in [0.5, 0.6) is 0 Å². The lowest BCUT2D eigenvalue weighted by molar-refractivity contribution is -0.142. The molecule has 3 heterocycles. The third-order valence-corrected chi connectivity index (χ3v) is 5.38. The quantitative estimate of drug-likeness (QED) is 0.524. The highest BCUT2D eigenvalue weighted by atomic mass is 35.5. The summed E-state index contributed by atoms with van der Waals surface area (Å²) < 4.78 is 2.79. The van der Waals surface area contributed by atoms with E-state index in [9.17, 15) is 14.7 Å². The zero-order valence-corrected chi connectivity index (χ0v) is 17.5. The van der Waals surface area contributed by atoms with Crippen molar-refractivity contribution in [1.29, 1.82) is 0 Å². The highest BCUT2D eigenvalue weighted by Gasteiger charge is 2.26. The molecule has 1 aromatic carbocycles. The van der Waals surface area contributed by atoms with Gasteiger partial charge in [0.25, 0.3) is 5.56 Å². The Hall–Kier alpha value is -3.26. The van der Waals surface area contributed by atoms with E-state index in [0.717, 1.165) is 16.8 Å². The summed E-state index contributed by atoms with van der Waals surface area (Å²) >= 11 is 6.02. The van der Waals surface area contributed by atoms with E-state index in [1.165, 1.54) is 10.8 Å². The molecule has 0 aliphatic carbocycles. The molecule has 0 radical (unpaired) electrons. The van der Waals surface area contributed by atoms with Crippen molar-refractivity contribution in [2.75, 3.05) is 0 Å². The number of aromatic nitrogens is 5. The maximum absolute atomic E-state index is 13.0. The van der Waals surface area contributed by atoms with Gasteiger partial charge in [-0.1, -0.05) is 44.5 Å². The molecule has 0 amide bonds. The van der Waals surface area contributed by atoms with Crippen LogP contribution in [0.25, 0.3) is 27.8 Å². The first kappa shape index (κ1) is 20.0. The Kier molecular flexibility index (Phi) is 5.03. The molecule has 9 heteroatoms. The number of benzene rings is 1. The average molecular weight is 426 g/mol. The van der Waals surface area contributed by atoms with Crippen LogP contribution in [0.1, 0.15) is 32.5 Å². The zero-order chi connectivity index (χ0) is 21.6. The van der Waals surface area contributed by atoms with Crippen molar-refractivity contribution in [1.82, 2.24) is 24.4 Å². The first-order valence-electron chi connectivity index (χ1n) is 9.61. The van der Waals surface area contributed by atoms with Crippen LogP contribution in [0.3, 0.4) is 0 Å². The third kappa shape index (κ3) is 3.13. The molecule has 154 valence electrons. The molecular formula is C21H20ClN5O3. The summed E-state index contributed by atoms with van der Waals surface area (Å²) in [5, 5.41) is 23.3. The lowest BCUT2D eigenvalue weighted by Crippen LogP contribution is -2.33. The van der Waals surface area contributed by atoms with Gasteiger partial charge in [-0.05, 0) is 36.1 Å². The van der Waals surface area contributed by atoms with E-state index in [4.69, 9.17) is 11.6 Å². The number of halogens is 1. The van der Waals surface area contributed by atoms with Gasteiger partial charge < -0.3 is 5.11 Å². The Morgan fingerprint density at radius 1 is 1.17 bits per heavy atom. The first-order valence-corrected chi connectivity index (χ1v) is 9.99. The highest BCUT2D eigenvalue weighted by molar-refractivity contribution is 6.30. The molecule has 1 atom stereocenters. The Labute approximate surface area is 176 Å². The summed E-state index contributed by atoms with van der Waals surface area (Å²) in [7, 11) is 0. The average Bonchev–Trinajstić information content (AvgIpc) is 3.09. The van der Waals surface area contributed by atoms with Crippen molar-refractivity contribution in [3.8, 4) is 11.1 Å². The maximum Gasteiger partial charge on any atom is 0.327 e. The fourth-order valence-electron chi connectivity index (χ4n) is 3.71. The van der Waals surface area contributed by atoms with E-state index < -0.39 is 17.6 Å². The molecule has 1 unspecified atom stereocenters. The smallest absolute Gasteiger partial charge is 0.327 e. The second-order valence-electron chi connectivity index (χ2n) is 7.41. The van der Waals surface area contributed by atoms with Crippen LogP contribution in [0.15, 0.2) is 41.3 Å². The van der Waals surface area contributed by atoms with E-state index >= 15 is 0 Å². The molecule has 1 N–H and O–H groups in total. The number of hydrogen-bond donors (Lipinski definition) is 1. The Morgan fingerprint density at radius 3 is 2.47 bits per heavy atom. The second-order valence-corrected chi connectivity index (χ2v) is 7.84. The van der Waals surface area contributed by atoms with Gasteiger partial charge >= 0.3 is 5.97 Å². The first-order chi connectivity index (χ1) is 14.3. The van der Waals surface area contributed by atoms with Crippen molar-refractivity contribution in [2.24, 2.45) is 5.92 Å². The Morgan fingerprint density at radius 2 is 1.87 bits per heavy atom. The number of pyridine rings is 1. The number of fused-ring (bicyclic) bond motifs is 3. The van der Waals surface area contributed by atoms with Gasteiger partial charge in [-0.2, -0.15) is 5.10 Å². The lowest BCUT2D eigenvalue weighted by atomic mass is 10.0. The predicted molar refractivity (Wildman–Crippen MR) is 114 cm³/mol. The molecule has 4 aromatic rings. The zero-order valence-electron chi connectivity index (χ0n) is 16.7. The van der Waals surface area contributed by atoms with Crippen LogP contribution < -0.4 is 5.56 Å². The number of nitrogens with zero attached hydrogens (tertiary/aromatic N) is 5. The van der Waals surface area contributed by atoms with Crippen LogP contribution in [0, 0.1) is 5.92 Å². The summed E-state index contributed by atoms with van der Waals surface area (Å²) in [4.78, 5) is 24.7. The minimum Gasteiger partial charge on any atom is -0.480 e. The molecule has 30 heavy (non-hydrogen) atoms. The highest BCUT2D eigenvalue weighted by Crippen LogP contribution is 2.30. The van der Waals surface area contributed by atoms with Gasteiger partial charge in [-0.3, -0.25) is 9.36 Å². The van der Waals surface area contributed by atoms with E-state index in [1.54, 1.807) is 36.6 Å². The molecule has 4 rings (SSSR count). The van der Waals surface area contributed by atoms with E-state index in [1.807, 2.05) is 19.1 Å². The minimum atomic E-state index is -1.07. The molecule has 0 bridgehead atoms. The SMILES string of the molecule is CCc1nn2c(nnc3c(=O)n(C(C(=O)O)C(C)C)ccc32)c1-c1ccc(Cl)cc1. The summed E-state index contributed by atoms with van der Waals surface area (Å²) in [6.07, 6.45) is 2.15. The van der Waals surface area contributed by atoms with Crippen LogP contribution in [-0.4, -0.2) is 35.5 Å². The number of aliphatic carboxylic acids is 1. The number of rotatable bonds is 5. The van der Waals surface area contributed by atoms with Crippen molar-refractivity contribution < 1.29 is 9.90 Å². The number of carboxylic acids is 1. The van der Waals surface area contributed by atoms with Crippen molar-refractivity contribution in [3.63, 3.8) is 0 Å². The van der Waals surface area contributed by atoms with Crippen LogP contribution in [0.2, 0.25) is 5.02 Å². The van der Waals surface area contributed by atoms with Crippen molar-refractivity contribution in [2.45, 2.75) is 33.2 Å². The van der Waals surface area contributed by atoms with Crippen molar-refractivity contribution >= 4 is 34.3 Å². The summed E-state index contributed by atoms with van der Waals surface area (Å²) in [5.41, 5.74) is 3.11. The topological polar surface area (TPSA) is 102 Å². The fourth-order valence-corrected chi connectivity index (χ4v) is 3.84. The van der Waals surface area contributed by atoms with E-state index in [0.29, 0.717) is 22.6 Å². The molecule has 8 nitrogen and oxygen atoms in total. The van der Waals surface area contributed by atoms with Crippen LogP contribution >= 0.6 is 11.6 Å². The molecule has 0 spiro atoms. The van der Waals surface area contributed by atoms with Gasteiger partial charge in [0.15, 0.2) is 11.2 Å². The molecule has 0 fully saturated rings. The minimum absolute atomic E-state index is 0.0738. The fraction of sp³-hybridized carbons (Fsp3) is 0.286. The Bertz CT molecular complexity index is 1320. The largest absolute Gasteiger partial charge is 0.480 e. The molecular weight excluding hydrogens is 406 g/mol. The third-order valence-electron chi connectivity index (χ3n) is 5.13. The van der Waals surface area contributed by atoms with Gasteiger partial charge in [0.05, 0.1) is 11.3 Å². The Balaban J connectivity index is 1.99. The van der Waals surface area contributed by atoms with E-state index in [2.05, 4.69) is 15.3 Å². The number of hydrogen-bond acceptors (Lipinski definition) is 5.